The summed E-state index contributed by atoms with van der Waals surface area (Å²) in [6.07, 6.45) is 4.72. The van der Waals surface area contributed by atoms with Gasteiger partial charge in [0.15, 0.2) is 6.61 Å². The second-order valence-corrected chi connectivity index (χ2v) is 6.88. The number of carbonyl (C=O) groups is 1. The summed E-state index contributed by atoms with van der Waals surface area (Å²) in [5.41, 5.74) is 2.75. The maximum Gasteiger partial charge on any atom is 0.258 e. The van der Waals surface area contributed by atoms with E-state index in [4.69, 9.17) is 14.2 Å². The van der Waals surface area contributed by atoms with Crippen LogP contribution < -0.4 is 19.5 Å². The molecule has 1 N–H and O–H groups in total. The Hall–Kier alpha value is -2.69. The molecule has 2 aromatic rings. The van der Waals surface area contributed by atoms with Gasteiger partial charge in [-0.25, -0.2) is 0 Å². The summed E-state index contributed by atoms with van der Waals surface area (Å²) in [5.74, 6) is 2.12. The second-order valence-electron chi connectivity index (χ2n) is 6.88. The second kappa shape index (κ2) is 9.31. The first-order valence-corrected chi connectivity index (χ1v) is 9.45. The van der Waals surface area contributed by atoms with Gasteiger partial charge in [-0.15, -0.1) is 0 Å². The van der Waals surface area contributed by atoms with Crippen molar-refractivity contribution in [2.24, 2.45) is 0 Å². The molecule has 5 heteroatoms. The largest absolute Gasteiger partial charge is 0.497 e. The number of aryl methyl sites for hydroxylation is 2. The van der Waals surface area contributed by atoms with Crippen LogP contribution in [0.15, 0.2) is 42.5 Å². The Kier molecular flexibility index (Phi) is 6.58. The molecule has 1 amide bonds. The minimum Gasteiger partial charge on any atom is -0.497 e. The highest BCUT2D eigenvalue weighted by Crippen LogP contribution is 2.25. The van der Waals surface area contributed by atoms with E-state index < -0.39 is 0 Å². The molecule has 144 valence electrons. The average Bonchev–Trinajstić information content (AvgIpc) is 2.71. The molecule has 0 radical (unpaired) electrons. The molecule has 0 aliphatic heterocycles. The molecular weight excluding hydrogens is 342 g/mol. The maximum atomic E-state index is 12.1. The number of fused-ring (bicyclic) bond motifs is 1. The van der Waals surface area contributed by atoms with Gasteiger partial charge in [0.2, 0.25) is 0 Å². The van der Waals surface area contributed by atoms with Crippen molar-refractivity contribution in [3.63, 3.8) is 0 Å². The van der Waals surface area contributed by atoms with Gasteiger partial charge in [0.1, 0.15) is 23.9 Å². The zero-order chi connectivity index (χ0) is 19.1. The molecule has 0 bridgehead atoms. The average molecular weight is 369 g/mol. The van der Waals surface area contributed by atoms with E-state index in [-0.39, 0.29) is 18.6 Å². The highest BCUT2D eigenvalue weighted by atomic mass is 16.5. The first-order chi connectivity index (χ1) is 13.1. The number of methoxy groups -OCH3 is 1. The molecule has 1 aliphatic rings. The fourth-order valence-corrected chi connectivity index (χ4v) is 3.20. The molecule has 0 spiro atoms. The Bertz CT molecular complexity index is 757. The van der Waals surface area contributed by atoms with Crippen molar-refractivity contribution < 1.29 is 19.0 Å². The zero-order valence-corrected chi connectivity index (χ0v) is 16.0. The minimum atomic E-state index is -0.154. The predicted molar refractivity (Wildman–Crippen MR) is 105 cm³/mol. The summed E-state index contributed by atoms with van der Waals surface area (Å²) in [5, 5.41) is 2.89. The van der Waals surface area contributed by atoms with Crippen molar-refractivity contribution >= 4 is 5.91 Å². The third kappa shape index (κ3) is 5.64. The molecule has 0 unspecified atom stereocenters. The van der Waals surface area contributed by atoms with Gasteiger partial charge in [-0.3, -0.25) is 4.79 Å². The van der Waals surface area contributed by atoms with Crippen molar-refractivity contribution in [2.75, 3.05) is 20.3 Å². The summed E-state index contributed by atoms with van der Waals surface area (Å²) in [6.45, 7) is 2.29. The van der Waals surface area contributed by atoms with E-state index in [9.17, 15) is 4.79 Å². The van der Waals surface area contributed by atoms with Crippen LogP contribution in [0, 0.1) is 0 Å². The fourth-order valence-electron chi connectivity index (χ4n) is 3.20. The molecule has 3 rings (SSSR count). The molecule has 1 aliphatic carbocycles. The molecule has 5 nitrogen and oxygen atoms in total. The van der Waals surface area contributed by atoms with Crippen molar-refractivity contribution in [3.05, 3.63) is 53.6 Å². The van der Waals surface area contributed by atoms with Crippen LogP contribution in [-0.4, -0.2) is 32.3 Å². The Labute approximate surface area is 160 Å². The van der Waals surface area contributed by atoms with Crippen molar-refractivity contribution in [2.45, 2.75) is 38.6 Å². The lowest BCUT2D eigenvalue weighted by Crippen LogP contribution is -2.39. The van der Waals surface area contributed by atoms with E-state index in [1.807, 2.05) is 37.3 Å². The number of amides is 1. The first kappa shape index (κ1) is 19.1. The van der Waals surface area contributed by atoms with Crippen LogP contribution in [-0.2, 0) is 17.6 Å². The molecule has 0 saturated carbocycles. The van der Waals surface area contributed by atoms with Crippen molar-refractivity contribution in [1.82, 2.24) is 5.32 Å². The number of ether oxygens (including phenoxy) is 3. The van der Waals surface area contributed by atoms with Gasteiger partial charge in [-0.05, 0) is 80.1 Å². The normalized spacial score (nSPS) is 14.0. The number of carbonyl (C=O) groups excluding carboxylic acids is 1. The summed E-state index contributed by atoms with van der Waals surface area (Å²) >= 11 is 0. The monoisotopic (exact) mass is 369 g/mol. The molecular formula is C22H27NO4. The van der Waals surface area contributed by atoms with E-state index in [1.165, 1.54) is 24.0 Å². The molecule has 2 aromatic carbocycles. The van der Waals surface area contributed by atoms with Crippen molar-refractivity contribution in [3.8, 4) is 17.2 Å². The van der Waals surface area contributed by atoms with Crippen LogP contribution in [0.3, 0.4) is 0 Å². The van der Waals surface area contributed by atoms with Gasteiger partial charge in [-0.1, -0.05) is 6.07 Å². The van der Waals surface area contributed by atoms with E-state index >= 15 is 0 Å². The van der Waals surface area contributed by atoms with Gasteiger partial charge >= 0.3 is 0 Å². The lowest BCUT2D eigenvalue weighted by molar-refractivity contribution is -0.123. The Balaban J connectivity index is 1.40. The van der Waals surface area contributed by atoms with Gasteiger partial charge < -0.3 is 19.5 Å². The highest BCUT2D eigenvalue weighted by Gasteiger charge is 2.12. The lowest BCUT2D eigenvalue weighted by atomic mass is 9.92. The summed E-state index contributed by atoms with van der Waals surface area (Å²) < 4.78 is 16.5. The Morgan fingerprint density at radius 1 is 0.963 bits per heavy atom. The Morgan fingerprint density at radius 3 is 2.37 bits per heavy atom. The SMILES string of the molecule is COc1ccc(OC[C@@H](C)NC(=O)COc2ccc3c(c2)CCCC3)cc1. The van der Waals surface area contributed by atoms with E-state index in [1.54, 1.807) is 7.11 Å². The number of benzene rings is 2. The van der Waals surface area contributed by atoms with E-state index in [0.29, 0.717) is 6.61 Å². The molecule has 1 atom stereocenters. The van der Waals surface area contributed by atoms with Gasteiger partial charge in [-0.2, -0.15) is 0 Å². The number of hydrogen-bond acceptors (Lipinski definition) is 4. The maximum absolute atomic E-state index is 12.1. The van der Waals surface area contributed by atoms with Crippen LogP contribution in [0.1, 0.15) is 30.9 Å². The highest BCUT2D eigenvalue weighted by molar-refractivity contribution is 5.77. The smallest absolute Gasteiger partial charge is 0.258 e. The minimum absolute atomic E-state index is 0.00562. The zero-order valence-electron chi connectivity index (χ0n) is 16.0. The topological polar surface area (TPSA) is 56.8 Å². The first-order valence-electron chi connectivity index (χ1n) is 9.45. The van der Waals surface area contributed by atoms with Crippen LogP contribution >= 0.6 is 0 Å². The number of hydrogen-bond donors (Lipinski definition) is 1. The predicted octanol–water partition coefficient (Wildman–Crippen LogP) is 3.54. The number of rotatable bonds is 8. The quantitative estimate of drug-likeness (QED) is 0.773. The van der Waals surface area contributed by atoms with Crippen LogP contribution in [0.5, 0.6) is 17.2 Å². The fraction of sp³-hybridized carbons (Fsp3) is 0.409. The van der Waals surface area contributed by atoms with Gasteiger partial charge in [0.25, 0.3) is 5.91 Å². The van der Waals surface area contributed by atoms with Crippen LogP contribution in [0.2, 0.25) is 0 Å². The van der Waals surface area contributed by atoms with Gasteiger partial charge in [0.05, 0.1) is 13.2 Å². The summed E-state index contributed by atoms with van der Waals surface area (Å²) in [6, 6.07) is 13.4. The third-order valence-electron chi connectivity index (χ3n) is 4.66. The summed E-state index contributed by atoms with van der Waals surface area (Å²) in [7, 11) is 1.62. The molecule has 27 heavy (non-hydrogen) atoms. The molecule has 0 heterocycles. The molecule has 0 aromatic heterocycles. The molecule has 0 saturated heterocycles. The lowest BCUT2D eigenvalue weighted by Gasteiger charge is -2.18. The Morgan fingerprint density at radius 2 is 1.63 bits per heavy atom. The molecule has 0 fully saturated rings. The van der Waals surface area contributed by atoms with Gasteiger partial charge in [0, 0.05) is 0 Å². The van der Waals surface area contributed by atoms with Crippen LogP contribution in [0.25, 0.3) is 0 Å². The van der Waals surface area contributed by atoms with Crippen molar-refractivity contribution in [1.29, 1.82) is 0 Å². The number of nitrogens with one attached hydrogen (secondary N) is 1. The van der Waals surface area contributed by atoms with E-state index in [2.05, 4.69) is 17.4 Å². The summed E-state index contributed by atoms with van der Waals surface area (Å²) in [4.78, 5) is 12.1. The van der Waals surface area contributed by atoms with Crippen LogP contribution in [0.4, 0.5) is 0 Å². The third-order valence-corrected chi connectivity index (χ3v) is 4.66. The van der Waals surface area contributed by atoms with E-state index in [0.717, 1.165) is 30.1 Å². The standard InChI is InChI=1S/C22H27NO4/c1-16(14-26-20-11-9-19(25-2)10-12-20)23-22(24)15-27-21-8-7-17-5-3-4-6-18(17)13-21/h7-13,16H,3-6,14-15H2,1-2H3,(H,23,24)/t16-/m1/s1.